The molecule has 1 atom stereocenters. The summed E-state index contributed by atoms with van der Waals surface area (Å²) >= 11 is 0. The zero-order chi connectivity index (χ0) is 19.4. The predicted molar refractivity (Wildman–Crippen MR) is 95.2 cm³/mol. The molecule has 138 valence electrons. The van der Waals surface area contributed by atoms with E-state index < -0.39 is 18.7 Å². The number of pyridine rings is 1. The number of hydrogen-bond donors (Lipinski definition) is 3. The lowest BCUT2D eigenvalue weighted by atomic mass is 10.0. The number of hydrogen-bond acceptors (Lipinski definition) is 5. The second kappa shape index (κ2) is 7.94. The molecule has 0 fully saturated rings. The number of benzene rings is 2. The largest absolute Gasteiger partial charge is 0.477 e. The molecule has 0 bridgehead atoms. The van der Waals surface area contributed by atoms with Crippen LogP contribution < -0.4 is 4.74 Å². The van der Waals surface area contributed by atoms with Crippen LogP contribution in [0.2, 0.25) is 0 Å². The molecule has 0 unspecified atom stereocenters. The Balaban J connectivity index is 1.88. The average molecular weight is 369 g/mol. The van der Waals surface area contributed by atoms with Gasteiger partial charge in [0.05, 0.1) is 12.3 Å². The average Bonchev–Trinajstić information content (AvgIpc) is 2.69. The molecule has 27 heavy (non-hydrogen) atoms. The van der Waals surface area contributed by atoms with Crippen molar-refractivity contribution in [2.24, 2.45) is 0 Å². The van der Waals surface area contributed by atoms with Gasteiger partial charge in [0.2, 0.25) is 0 Å². The van der Waals surface area contributed by atoms with Gasteiger partial charge in [-0.1, -0.05) is 0 Å². The first-order valence-corrected chi connectivity index (χ1v) is 8.04. The molecule has 0 radical (unpaired) electrons. The second-order valence-electron chi connectivity index (χ2n) is 5.75. The fourth-order valence-corrected chi connectivity index (χ4v) is 2.44. The summed E-state index contributed by atoms with van der Waals surface area (Å²) in [5.41, 5.74) is 0.967. The van der Waals surface area contributed by atoms with Gasteiger partial charge in [-0.3, -0.25) is 0 Å². The summed E-state index contributed by atoms with van der Waals surface area (Å²) in [6, 6.07) is 15.0. The Hall–Kier alpha value is -3.29. The number of rotatable bonds is 6. The number of nitrogens with zero attached hydrogens (tertiary/aromatic N) is 1. The number of carboxylic acids is 1. The van der Waals surface area contributed by atoms with Gasteiger partial charge in [0.15, 0.2) is 0 Å². The molecule has 3 rings (SSSR count). The van der Waals surface area contributed by atoms with Crippen LogP contribution in [0.5, 0.6) is 11.5 Å². The second-order valence-corrected chi connectivity index (χ2v) is 5.75. The van der Waals surface area contributed by atoms with Crippen molar-refractivity contribution in [3.63, 3.8) is 0 Å². The smallest absolute Gasteiger partial charge is 0.354 e. The predicted octanol–water partition coefficient (Wildman–Crippen LogP) is 3.40. The highest BCUT2D eigenvalue weighted by Crippen LogP contribution is 2.27. The van der Waals surface area contributed by atoms with Crippen LogP contribution in [0.4, 0.5) is 4.39 Å². The van der Waals surface area contributed by atoms with Crippen molar-refractivity contribution in [2.75, 3.05) is 6.61 Å². The summed E-state index contributed by atoms with van der Waals surface area (Å²) in [6.07, 6.45) is -1.20. The molecule has 1 aromatic heterocycles. The summed E-state index contributed by atoms with van der Waals surface area (Å²) in [6.45, 7) is -0.535. The SMILES string of the molecule is O=C(O)c1cc([C@@H](O)CO)cc(-c2ccc(Oc3ccc(F)cc3)cc2)n1. The molecule has 0 amide bonds. The van der Waals surface area contributed by atoms with Gasteiger partial charge >= 0.3 is 5.97 Å². The zero-order valence-corrected chi connectivity index (χ0v) is 14.0. The molecule has 0 aliphatic rings. The van der Waals surface area contributed by atoms with Crippen molar-refractivity contribution in [3.8, 4) is 22.8 Å². The van der Waals surface area contributed by atoms with Gasteiger partial charge in [-0.25, -0.2) is 14.2 Å². The van der Waals surface area contributed by atoms with Crippen LogP contribution in [0.25, 0.3) is 11.3 Å². The molecule has 0 spiro atoms. The maximum Gasteiger partial charge on any atom is 0.354 e. The highest BCUT2D eigenvalue weighted by atomic mass is 19.1. The number of aliphatic hydroxyl groups is 2. The van der Waals surface area contributed by atoms with E-state index in [0.29, 0.717) is 22.8 Å². The van der Waals surface area contributed by atoms with E-state index in [4.69, 9.17) is 9.84 Å². The molecule has 3 N–H and O–H groups in total. The third-order valence-electron chi connectivity index (χ3n) is 3.82. The van der Waals surface area contributed by atoms with Crippen molar-refractivity contribution < 1.29 is 29.2 Å². The molecule has 7 heteroatoms. The lowest BCUT2D eigenvalue weighted by molar-refractivity contribution is 0.0688. The first-order chi connectivity index (χ1) is 13.0. The summed E-state index contributed by atoms with van der Waals surface area (Å²) in [5, 5.41) is 28.1. The third-order valence-corrected chi connectivity index (χ3v) is 3.82. The summed E-state index contributed by atoms with van der Waals surface area (Å²) in [4.78, 5) is 15.3. The molecule has 3 aromatic rings. The highest BCUT2D eigenvalue weighted by Gasteiger charge is 2.15. The number of carbonyl (C=O) groups is 1. The minimum atomic E-state index is -1.24. The van der Waals surface area contributed by atoms with Crippen LogP contribution in [0.15, 0.2) is 60.7 Å². The fraction of sp³-hybridized carbons (Fsp3) is 0.100. The van der Waals surface area contributed by atoms with Crippen LogP contribution in [0.1, 0.15) is 22.2 Å². The Labute approximate surface area is 154 Å². The lowest BCUT2D eigenvalue weighted by Gasteiger charge is -2.11. The quantitative estimate of drug-likeness (QED) is 0.616. The first kappa shape index (κ1) is 18.5. The molecule has 6 nitrogen and oxygen atoms in total. The molecular formula is C20H16FNO5. The minimum Gasteiger partial charge on any atom is -0.477 e. The third kappa shape index (κ3) is 4.46. The zero-order valence-electron chi connectivity index (χ0n) is 14.0. The molecule has 0 saturated heterocycles. The Morgan fingerprint density at radius 2 is 1.63 bits per heavy atom. The van der Waals surface area contributed by atoms with Crippen LogP contribution in [0, 0.1) is 5.82 Å². The molecule has 0 aliphatic carbocycles. The number of carboxylic acid groups (broad SMARTS) is 1. The van der Waals surface area contributed by atoms with Gasteiger partial charge in [-0.15, -0.1) is 0 Å². The molecule has 2 aromatic carbocycles. The lowest BCUT2D eigenvalue weighted by Crippen LogP contribution is -2.08. The van der Waals surface area contributed by atoms with Gasteiger partial charge < -0.3 is 20.1 Å². The normalized spacial score (nSPS) is 11.8. The van der Waals surface area contributed by atoms with Crippen LogP contribution in [-0.2, 0) is 0 Å². The van der Waals surface area contributed by atoms with Crippen molar-refractivity contribution in [3.05, 3.63) is 77.7 Å². The Kier molecular flexibility index (Phi) is 5.44. The van der Waals surface area contributed by atoms with Gasteiger partial charge in [0, 0.05) is 5.56 Å². The van der Waals surface area contributed by atoms with Gasteiger partial charge in [-0.05, 0) is 66.2 Å². The minimum absolute atomic E-state index is 0.235. The van der Waals surface area contributed by atoms with E-state index in [-0.39, 0.29) is 17.1 Å². The Bertz CT molecular complexity index is 942. The van der Waals surface area contributed by atoms with Gasteiger partial charge in [0.1, 0.15) is 29.1 Å². The van der Waals surface area contributed by atoms with Crippen molar-refractivity contribution in [1.29, 1.82) is 0 Å². The van der Waals surface area contributed by atoms with Gasteiger partial charge in [-0.2, -0.15) is 0 Å². The Morgan fingerprint density at radius 3 is 2.19 bits per heavy atom. The van der Waals surface area contributed by atoms with E-state index in [1.165, 1.54) is 36.4 Å². The summed E-state index contributed by atoms with van der Waals surface area (Å²) < 4.78 is 18.5. The number of aromatic nitrogens is 1. The van der Waals surface area contributed by atoms with E-state index in [9.17, 15) is 19.4 Å². The first-order valence-electron chi connectivity index (χ1n) is 8.04. The maximum atomic E-state index is 12.9. The number of ether oxygens (including phenoxy) is 1. The van der Waals surface area contributed by atoms with Crippen LogP contribution in [-0.4, -0.2) is 32.9 Å². The van der Waals surface area contributed by atoms with Crippen molar-refractivity contribution in [2.45, 2.75) is 6.10 Å². The topological polar surface area (TPSA) is 99.9 Å². The van der Waals surface area contributed by atoms with E-state index in [2.05, 4.69) is 4.98 Å². The summed E-state index contributed by atoms with van der Waals surface area (Å²) in [5.74, 6) is -0.610. The van der Waals surface area contributed by atoms with Crippen LogP contribution >= 0.6 is 0 Å². The summed E-state index contributed by atoms with van der Waals surface area (Å²) in [7, 11) is 0. The van der Waals surface area contributed by atoms with E-state index in [1.807, 2.05) is 0 Å². The van der Waals surface area contributed by atoms with E-state index in [0.717, 1.165) is 0 Å². The van der Waals surface area contributed by atoms with E-state index in [1.54, 1.807) is 24.3 Å². The number of aliphatic hydroxyl groups excluding tert-OH is 2. The highest BCUT2D eigenvalue weighted by molar-refractivity contribution is 5.86. The fourth-order valence-electron chi connectivity index (χ4n) is 2.44. The molecule has 0 saturated carbocycles. The van der Waals surface area contributed by atoms with Crippen LogP contribution in [0.3, 0.4) is 0 Å². The molecular weight excluding hydrogens is 353 g/mol. The van der Waals surface area contributed by atoms with Crippen molar-refractivity contribution in [1.82, 2.24) is 4.98 Å². The van der Waals surface area contributed by atoms with Crippen molar-refractivity contribution >= 4 is 5.97 Å². The van der Waals surface area contributed by atoms with E-state index >= 15 is 0 Å². The Morgan fingerprint density at radius 1 is 1.04 bits per heavy atom. The number of aromatic carboxylic acids is 1. The monoisotopic (exact) mass is 369 g/mol. The van der Waals surface area contributed by atoms with Gasteiger partial charge in [0.25, 0.3) is 0 Å². The molecule has 1 heterocycles. The molecule has 0 aliphatic heterocycles. The maximum absolute atomic E-state index is 12.9. The number of halogens is 1. The standard InChI is InChI=1S/C20H16FNO5/c21-14-3-7-16(8-4-14)27-15-5-1-12(2-6-15)17-9-13(19(24)11-23)10-18(22-17)20(25)26/h1-10,19,23-24H,11H2,(H,25,26)/t19-/m0/s1.